The number of anilines is 2. The fraction of sp³-hybridized carbons (Fsp3) is 0.385. The van der Waals surface area contributed by atoms with Gasteiger partial charge in [0.15, 0.2) is 5.65 Å². The summed E-state index contributed by atoms with van der Waals surface area (Å²) in [6.45, 7) is 5.68. The summed E-state index contributed by atoms with van der Waals surface area (Å²) < 4.78 is 2.02. The molecule has 0 amide bonds. The van der Waals surface area contributed by atoms with Crippen molar-refractivity contribution in [3.8, 4) is 0 Å². The molecule has 21 heavy (non-hydrogen) atoms. The zero-order chi connectivity index (χ0) is 14.7. The fourth-order valence-corrected chi connectivity index (χ4v) is 2.17. The number of imidazole rings is 1. The summed E-state index contributed by atoms with van der Waals surface area (Å²) in [5.74, 6) is 1.36. The SMILES string of the molecule is CCNc1nc(NC(C)Cn2ccnc2)c2cn[nH]c2n1. The molecule has 8 nitrogen and oxygen atoms in total. The lowest BCUT2D eigenvalue weighted by Gasteiger charge is -2.16. The Labute approximate surface area is 122 Å². The van der Waals surface area contributed by atoms with Crippen molar-refractivity contribution in [1.82, 2.24) is 29.7 Å². The van der Waals surface area contributed by atoms with Gasteiger partial charge in [-0.15, -0.1) is 0 Å². The normalized spacial score (nSPS) is 12.5. The maximum atomic E-state index is 4.51. The van der Waals surface area contributed by atoms with Gasteiger partial charge in [-0.3, -0.25) is 5.10 Å². The van der Waals surface area contributed by atoms with Crippen molar-refractivity contribution < 1.29 is 0 Å². The Morgan fingerprint density at radius 3 is 3.05 bits per heavy atom. The van der Waals surface area contributed by atoms with E-state index in [1.165, 1.54) is 0 Å². The molecule has 0 saturated heterocycles. The number of rotatable bonds is 6. The average molecular weight is 286 g/mol. The quantitative estimate of drug-likeness (QED) is 0.635. The summed E-state index contributed by atoms with van der Waals surface area (Å²) >= 11 is 0. The Balaban J connectivity index is 1.83. The van der Waals surface area contributed by atoms with Crippen LogP contribution in [0.25, 0.3) is 11.0 Å². The van der Waals surface area contributed by atoms with E-state index in [1.54, 1.807) is 18.7 Å². The van der Waals surface area contributed by atoms with Crippen molar-refractivity contribution in [2.75, 3.05) is 17.2 Å². The van der Waals surface area contributed by atoms with Crippen LogP contribution < -0.4 is 10.6 Å². The predicted molar refractivity (Wildman–Crippen MR) is 81.2 cm³/mol. The van der Waals surface area contributed by atoms with E-state index >= 15 is 0 Å². The number of aromatic nitrogens is 6. The first-order chi connectivity index (χ1) is 10.3. The van der Waals surface area contributed by atoms with Crippen molar-refractivity contribution in [2.24, 2.45) is 0 Å². The van der Waals surface area contributed by atoms with Crippen LogP contribution in [-0.2, 0) is 6.54 Å². The highest BCUT2D eigenvalue weighted by molar-refractivity contribution is 5.87. The van der Waals surface area contributed by atoms with Crippen LogP contribution in [0.2, 0.25) is 0 Å². The number of hydrogen-bond donors (Lipinski definition) is 3. The van der Waals surface area contributed by atoms with E-state index in [4.69, 9.17) is 0 Å². The van der Waals surface area contributed by atoms with Crippen molar-refractivity contribution in [2.45, 2.75) is 26.4 Å². The number of fused-ring (bicyclic) bond motifs is 1. The molecule has 0 saturated carbocycles. The third-order valence-electron chi connectivity index (χ3n) is 3.07. The van der Waals surface area contributed by atoms with Gasteiger partial charge in [-0.2, -0.15) is 15.1 Å². The third-order valence-corrected chi connectivity index (χ3v) is 3.07. The Morgan fingerprint density at radius 2 is 2.29 bits per heavy atom. The molecule has 0 bridgehead atoms. The summed E-state index contributed by atoms with van der Waals surface area (Å²) in [6.07, 6.45) is 7.25. The predicted octanol–water partition coefficient (Wildman–Crippen LogP) is 1.48. The van der Waals surface area contributed by atoms with Crippen molar-refractivity contribution >= 4 is 22.8 Å². The van der Waals surface area contributed by atoms with Crippen LogP contribution in [0.5, 0.6) is 0 Å². The first-order valence-corrected chi connectivity index (χ1v) is 6.93. The Bertz CT molecular complexity index is 702. The third kappa shape index (κ3) is 2.93. The number of H-pyrrole nitrogens is 1. The van der Waals surface area contributed by atoms with E-state index in [-0.39, 0.29) is 6.04 Å². The molecule has 1 unspecified atom stereocenters. The van der Waals surface area contributed by atoms with Crippen LogP contribution in [0, 0.1) is 0 Å². The van der Waals surface area contributed by atoms with E-state index in [1.807, 2.05) is 17.7 Å². The van der Waals surface area contributed by atoms with E-state index in [9.17, 15) is 0 Å². The molecular weight excluding hydrogens is 268 g/mol. The lowest BCUT2D eigenvalue weighted by atomic mass is 10.3. The maximum Gasteiger partial charge on any atom is 0.226 e. The van der Waals surface area contributed by atoms with Gasteiger partial charge in [0.1, 0.15) is 5.82 Å². The van der Waals surface area contributed by atoms with Crippen LogP contribution in [0.15, 0.2) is 24.9 Å². The molecule has 110 valence electrons. The Morgan fingerprint density at radius 1 is 1.38 bits per heavy atom. The number of nitrogens with zero attached hydrogens (tertiary/aromatic N) is 5. The summed E-state index contributed by atoms with van der Waals surface area (Å²) in [7, 11) is 0. The molecule has 3 heterocycles. The molecule has 0 aliphatic heterocycles. The van der Waals surface area contributed by atoms with E-state index in [2.05, 4.69) is 42.7 Å². The minimum Gasteiger partial charge on any atom is -0.365 e. The van der Waals surface area contributed by atoms with Gasteiger partial charge in [-0.25, -0.2) is 4.98 Å². The second kappa shape index (κ2) is 5.78. The monoisotopic (exact) mass is 286 g/mol. The molecule has 3 aromatic rings. The molecule has 0 fully saturated rings. The number of nitrogens with one attached hydrogen (secondary N) is 3. The smallest absolute Gasteiger partial charge is 0.226 e. The van der Waals surface area contributed by atoms with Crippen LogP contribution in [0.4, 0.5) is 11.8 Å². The molecule has 0 aliphatic carbocycles. The van der Waals surface area contributed by atoms with Gasteiger partial charge in [0.25, 0.3) is 0 Å². The Hall–Kier alpha value is -2.64. The van der Waals surface area contributed by atoms with E-state index in [0.29, 0.717) is 5.95 Å². The summed E-state index contributed by atoms with van der Waals surface area (Å²) in [4.78, 5) is 12.9. The molecule has 3 rings (SSSR count). The van der Waals surface area contributed by atoms with Crippen molar-refractivity contribution in [3.05, 3.63) is 24.9 Å². The second-order valence-corrected chi connectivity index (χ2v) is 4.86. The average Bonchev–Trinajstić information content (AvgIpc) is 3.09. The fourth-order valence-electron chi connectivity index (χ4n) is 2.17. The number of hydrogen-bond acceptors (Lipinski definition) is 6. The van der Waals surface area contributed by atoms with E-state index < -0.39 is 0 Å². The molecule has 0 aromatic carbocycles. The summed E-state index contributed by atoms with van der Waals surface area (Å²) in [5, 5.41) is 14.3. The van der Waals surface area contributed by atoms with Crippen molar-refractivity contribution in [1.29, 1.82) is 0 Å². The van der Waals surface area contributed by atoms with Crippen LogP contribution in [-0.4, -0.2) is 42.3 Å². The van der Waals surface area contributed by atoms with Gasteiger partial charge < -0.3 is 15.2 Å². The maximum absolute atomic E-state index is 4.51. The van der Waals surface area contributed by atoms with E-state index in [0.717, 1.165) is 29.9 Å². The summed E-state index contributed by atoms with van der Waals surface area (Å²) in [6, 6.07) is 0.196. The lowest BCUT2D eigenvalue weighted by molar-refractivity contribution is 0.617. The first-order valence-electron chi connectivity index (χ1n) is 6.93. The molecule has 0 radical (unpaired) electrons. The standard InChI is InChI=1S/C13H18N8/c1-3-15-13-18-11(10-6-16-20-12(10)19-13)17-9(2)7-21-5-4-14-8-21/h4-6,8-9H,3,7H2,1-2H3,(H3,15,16,17,18,19,20). The van der Waals surface area contributed by atoms with Gasteiger partial charge in [0, 0.05) is 31.5 Å². The summed E-state index contributed by atoms with van der Waals surface area (Å²) in [5.41, 5.74) is 0.721. The minimum atomic E-state index is 0.196. The lowest BCUT2D eigenvalue weighted by Crippen LogP contribution is -2.22. The molecule has 1 atom stereocenters. The molecule has 3 aromatic heterocycles. The van der Waals surface area contributed by atoms with Gasteiger partial charge in [0.05, 0.1) is 17.9 Å². The van der Waals surface area contributed by atoms with Crippen molar-refractivity contribution in [3.63, 3.8) is 0 Å². The van der Waals surface area contributed by atoms with Gasteiger partial charge >= 0.3 is 0 Å². The van der Waals surface area contributed by atoms with Crippen LogP contribution in [0.1, 0.15) is 13.8 Å². The first kappa shape index (κ1) is 13.3. The molecule has 8 heteroatoms. The van der Waals surface area contributed by atoms with Gasteiger partial charge in [0.2, 0.25) is 5.95 Å². The molecule has 0 aliphatic rings. The molecule has 3 N–H and O–H groups in total. The van der Waals surface area contributed by atoms with Gasteiger partial charge in [-0.05, 0) is 13.8 Å². The zero-order valence-electron chi connectivity index (χ0n) is 12.0. The minimum absolute atomic E-state index is 0.196. The molecule has 0 spiro atoms. The van der Waals surface area contributed by atoms with Crippen LogP contribution >= 0.6 is 0 Å². The number of aromatic amines is 1. The largest absolute Gasteiger partial charge is 0.365 e. The molecular formula is C13H18N8. The topological polar surface area (TPSA) is 96.3 Å². The zero-order valence-corrected chi connectivity index (χ0v) is 12.0. The second-order valence-electron chi connectivity index (χ2n) is 4.86. The van der Waals surface area contributed by atoms with Gasteiger partial charge in [-0.1, -0.05) is 0 Å². The highest BCUT2D eigenvalue weighted by Gasteiger charge is 2.11. The highest BCUT2D eigenvalue weighted by atomic mass is 15.2. The Kier molecular flexibility index (Phi) is 3.67. The van der Waals surface area contributed by atoms with Crippen LogP contribution in [0.3, 0.4) is 0 Å². The highest BCUT2D eigenvalue weighted by Crippen LogP contribution is 2.20.